The van der Waals surface area contributed by atoms with Crippen LogP contribution in [0.25, 0.3) is 0 Å². The average Bonchev–Trinajstić information content (AvgIpc) is 2.90. The molecule has 0 saturated carbocycles. The van der Waals surface area contributed by atoms with Crippen molar-refractivity contribution in [1.29, 1.82) is 0 Å². The van der Waals surface area contributed by atoms with Crippen molar-refractivity contribution in [3.05, 3.63) is 100 Å². The highest BCUT2D eigenvalue weighted by atomic mass is 35.5. The molecule has 7 nitrogen and oxygen atoms in total. The van der Waals surface area contributed by atoms with E-state index in [1.165, 1.54) is 11.0 Å². The summed E-state index contributed by atoms with van der Waals surface area (Å²) in [6.45, 7) is 7.82. The Balaban J connectivity index is 2.08. The lowest BCUT2D eigenvalue weighted by Crippen LogP contribution is -2.53. The number of aryl methyl sites for hydroxylation is 2. The molecular weight excluding hydrogens is 546 g/mol. The molecule has 2 amide bonds. The summed E-state index contributed by atoms with van der Waals surface area (Å²) in [5.74, 6) is -0.564. The molecule has 0 spiro atoms. The number of amides is 2. The van der Waals surface area contributed by atoms with Gasteiger partial charge in [0.25, 0.3) is 0 Å². The maximum atomic E-state index is 14.2. The van der Waals surface area contributed by atoms with E-state index in [0.29, 0.717) is 22.8 Å². The average molecular weight is 584 g/mol. The Labute approximate surface area is 243 Å². The van der Waals surface area contributed by atoms with Crippen LogP contribution in [-0.2, 0) is 32.6 Å². The van der Waals surface area contributed by atoms with Gasteiger partial charge in [-0.25, -0.2) is 8.42 Å². The first-order valence-corrected chi connectivity index (χ1v) is 15.5. The summed E-state index contributed by atoms with van der Waals surface area (Å²) in [6, 6.07) is 21.2. The van der Waals surface area contributed by atoms with Crippen LogP contribution in [0, 0.1) is 19.8 Å². The van der Waals surface area contributed by atoms with E-state index in [1.807, 2.05) is 75.4 Å². The minimum absolute atomic E-state index is 0.143. The normalized spacial score (nSPS) is 12.2. The summed E-state index contributed by atoms with van der Waals surface area (Å²) >= 11 is 6.21. The van der Waals surface area contributed by atoms with Gasteiger partial charge in [-0.3, -0.25) is 13.9 Å². The zero-order valence-corrected chi connectivity index (χ0v) is 25.3. The Morgan fingerprint density at radius 3 is 2.20 bits per heavy atom. The number of halogens is 1. The molecule has 3 aromatic rings. The van der Waals surface area contributed by atoms with Crippen molar-refractivity contribution in [2.75, 3.05) is 23.7 Å². The van der Waals surface area contributed by atoms with Gasteiger partial charge in [0.1, 0.15) is 12.6 Å². The third kappa shape index (κ3) is 8.57. The summed E-state index contributed by atoms with van der Waals surface area (Å²) in [7, 11) is -3.87. The van der Waals surface area contributed by atoms with Crippen LogP contribution in [0.1, 0.15) is 36.1 Å². The van der Waals surface area contributed by atoms with E-state index in [2.05, 4.69) is 5.32 Å². The van der Waals surface area contributed by atoms with E-state index in [9.17, 15) is 18.0 Å². The van der Waals surface area contributed by atoms with Gasteiger partial charge < -0.3 is 10.2 Å². The molecule has 0 aliphatic heterocycles. The van der Waals surface area contributed by atoms with Crippen LogP contribution in [0.2, 0.25) is 5.02 Å². The fraction of sp³-hybridized carbons (Fsp3) is 0.355. The fourth-order valence-electron chi connectivity index (χ4n) is 4.39. The predicted molar refractivity (Wildman–Crippen MR) is 162 cm³/mol. The molecule has 0 aliphatic carbocycles. The Bertz CT molecular complexity index is 1430. The molecule has 0 radical (unpaired) electrons. The van der Waals surface area contributed by atoms with Crippen molar-refractivity contribution in [3.63, 3.8) is 0 Å². The van der Waals surface area contributed by atoms with E-state index >= 15 is 0 Å². The number of anilines is 1. The first kappa shape index (κ1) is 31.2. The Morgan fingerprint density at radius 1 is 0.925 bits per heavy atom. The van der Waals surface area contributed by atoms with Crippen molar-refractivity contribution in [1.82, 2.24) is 10.2 Å². The second-order valence-electron chi connectivity index (χ2n) is 10.5. The third-order valence-corrected chi connectivity index (χ3v) is 8.04. The van der Waals surface area contributed by atoms with Gasteiger partial charge in [0.05, 0.1) is 11.9 Å². The van der Waals surface area contributed by atoms with Gasteiger partial charge in [-0.1, -0.05) is 86.1 Å². The Morgan fingerprint density at radius 2 is 1.57 bits per heavy atom. The van der Waals surface area contributed by atoms with Crippen molar-refractivity contribution < 1.29 is 18.0 Å². The van der Waals surface area contributed by atoms with Gasteiger partial charge in [0, 0.05) is 24.5 Å². The molecular formula is C31H38ClN3O4S. The number of nitrogens with one attached hydrogen (secondary N) is 1. The predicted octanol–water partition coefficient (Wildman–Crippen LogP) is 5.14. The highest BCUT2D eigenvalue weighted by Crippen LogP contribution is 2.27. The largest absolute Gasteiger partial charge is 0.354 e. The van der Waals surface area contributed by atoms with Gasteiger partial charge in [-0.05, 0) is 54.2 Å². The molecule has 0 aromatic heterocycles. The first-order chi connectivity index (χ1) is 18.9. The standard InChI is InChI=1S/C31H38ClN3O4S/c1-22(2)19-33-31(37)29(17-25-12-7-6-8-13-25)34(20-26-14-10-9-11-23(26)3)30(36)21-35(40(5,38)39)28-18-27(32)16-15-24(28)4/h6-16,18,22,29H,17,19-21H2,1-5H3,(H,33,37)/t29-/m0/s1. The molecule has 1 atom stereocenters. The molecule has 0 bridgehead atoms. The Kier molecular flexibility index (Phi) is 10.8. The van der Waals surface area contributed by atoms with Crippen LogP contribution in [0.5, 0.6) is 0 Å². The molecule has 0 saturated heterocycles. The maximum Gasteiger partial charge on any atom is 0.244 e. The van der Waals surface area contributed by atoms with Gasteiger partial charge in [0.15, 0.2) is 0 Å². The number of nitrogens with zero attached hydrogens (tertiary/aromatic N) is 2. The molecule has 40 heavy (non-hydrogen) atoms. The van der Waals surface area contributed by atoms with Crippen molar-refractivity contribution in [2.24, 2.45) is 5.92 Å². The van der Waals surface area contributed by atoms with E-state index in [0.717, 1.165) is 27.3 Å². The second kappa shape index (κ2) is 13.8. The molecule has 0 fully saturated rings. The minimum Gasteiger partial charge on any atom is -0.354 e. The van der Waals surface area contributed by atoms with E-state index in [1.54, 1.807) is 19.1 Å². The second-order valence-corrected chi connectivity index (χ2v) is 12.8. The van der Waals surface area contributed by atoms with Crippen LogP contribution >= 0.6 is 11.6 Å². The first-order valence-electron chi connectivity index (χ1n) is 13.3. The van der Waals surface area contributed by atoms with Crippen LogP contribution in [0.4, 0.5) is 5.69 Å². The maximum absolute atomic E-state index is 14.2. The lowest BCUT2D eigenvalue weighted by molar-refractivity contribution is -0.140. The Hall–Kier alpha value is -3.36. The van der Waals surface area contributed by atoms with E-state index in [4.69, 9.17) is 11.6 Å². The smallest absolute Gasteiger partial charge is 0.244 e. The van der Waals surface area contributed by atoms with Crippen molar-refractivity contribution >= 4 is 39.1 Å². The number of carbonyl (C=O) groups excluding carboxylic acids is 2. The van der Waals surface area contributed by atoms with Gasteiger partial charge >= 0.3 is 0 Å². The van der Waals surface area contributed by atoms with E-state index in [-0.39, 0.29) is 24.8 Å². The van der Waals surface area contributed by atoms with Gasteiger partial charge in [-0.2, -0.15) is 0 Å². The fourth-order valence-corrected chi connectivity index (χ4v) is 5.46. The number of hydrogen-bond donors (Lipinski definition) is 1. The van der Waals surface area contributed by atoms with Crippen LogP contribution < -0.4 is 9.62 Å². The summed E-state index contributed by atoms with van der Waals surface area (Å²) in [6.07, 6.45) is 1.33. The zero-order valence-electron chi connectivity index (χ0n) is 23.7. The summed E-state index contributed by atoms with van der Waals surface area (Å²) < 4.78 is 27.0. The topological polar surface area (TPSA) is 86.8 Å². The van der Waals surface area contributed by atoms with E-state index < -0.39 is 28.5 Å². The molecule has 1 N–H and O–H groups in total. The molecule has 0 aliphatic rings. The van der Waals surface area contributed by atoms with Crippen molar-refractivity contribution in [3.8, 4) is 0 Å². The van der Waals surface area contributed by atoms with Crippen LogP contribution in [0.3, 0.4) is 0 Å². The van der Waals surface area contributed by atoms with Gasteiger partial charge in [-0.15, -0.1) is 0 Å². The molecule has 0 unspecified atom stereocenters. The van der Waals surface area contributed by atoms with Crippen LogP contribution in [-0.4, -0.2) is 50.5 Å². The molecule has 214 valence electrons. The highest BCUT2D eigenvalue weighted by molar-refractivity contribution is 7.92. The molecule has 3 rings (SSSR count). The van der Waals surface area contributed by atoms with Gasteiger partial charge in [0.2, 0.25) is 21.8 Å². The summed E-state index contributed by atoms with van der Waals surface area (Å²) in [5.41, 5.74) is 3.70. The minimum atomic E-state index is -3.87. The SMILES string of the molecule is Cc1ccccc1CN(C(=O)CN(c1cc(Cl)ccc1C)S(C)(=O)=O)[C@@H](Cc1ccccc1)C(=O)NCC(C)C. The third-order valence-electron chi connectivity index (χ3n) is 6.68. The zero-order chi connectivity index (χ0) is 29.4. The van der Waals surface area contributed by atoms with Crippen LogP contribution in [0.15, 0.2) is 72.8 Å². The lowest BCUT2D eigenvalue weighted by atomic mass is 10.0. The molecule has 9 heteroatoms. The molecule has 3 aromatic carbocycles. The quantitative estimate of drug-likeness (QED) is 0.320. The number of rotatable bonds is 12. The number of sulfonamides is 1. The monoisotopic (exact) mass is 583 g/mol. The highest BCUT2D eigenvalue weighted by Gasteiger charge is 2.33. The number of hydrogen-bond acceptors (Lipinski definition) is 4. The number of benzene rings is 3. The molecule has 0 heterocycles. The number of carbonyl (C=O) groups is 2. The van der Waals surface area contributed by atoms with Crippen molar-refractivity contribution in [2.45, 2.75) is 46.7 Å². The summed E-state index contributed by atoms with van der Waals surface area (Å²) in [4.78, 5) is 29.3. The summed E-state index contributed by atoms with van der Waals surface area (Å²) in [5, 5.41) is 3.34. The lowest BCUT2D eigenvalue weighted by Gasteiger charge is -2.34.